The second-order valence-corrected chi connectivity index (χ2v) is 22.2. The smallest absolute Gasteiger partial charge is 0.305 e. The molecular weight excluding hydrogens is 657 g/mol. The molecule has 2 heteroatoms. The molecule has 1 aromatic carbocycles. The second-order valence-electron chi connectivity index (χ2n) is 22.2. The first-order valence-electron chi connectivity index (χ1n) is 22.5. The third kappa shape index (κ3) is 1.56. The molecule has 54 heavy (non-hydrogen) atoms. The first-order valence-corrected chi connectivity index (χ1v) is 22.5. The Balaban J connectivity index is 0.978. The molecule has 0 radical (unpaired) electrons. The summed E-state index contributed by atoms with van der Waals surface area (Å²) in [4.78, 5) is 12.8. The monoisotopic (exact) mass is 696 g/mol. The molecule has 16 atom stereocenters. The van der Waals surface area contributed by atoms with Crippen LogP contribution in [0.3, 0.4) is 0 Å². The Hall–Kier alpha value is -3.65. The van der Waals surface area contributed by atoms with Gasteiger partial charge in [-0.3, -0.25) is 4.79 Å². The molecule has 9 fully saturated rings. The van der Waals surface area contributed by atoms with Gasteiger partial charge in [0.15, 0.2) is 0 Å². The van der Waals surface area contributed by atoms with Crippen LogP contribution < -0.4 is 0 Å². The van der Waals surface area contributed by atoms with Gasteiger partial charge in [0.25, 0.3) is 0 Å². The summed E-state index contributed by atoms with van der Waals surface area (Å²) >= 11 is 0. The van der Waals surface area contributed by atoms with Crippen molar-refractivity contribution in [3.05, 3.63) is 138 Å². The van der Waals surface area contributed by atoms with Crippen molar-refractivity contribution in [2.75, 3.05) is 7.11 Å². The largest absolute Gasteiger partial charge is 0.469 e. The number of esters is 1. The van der Waals surface area contributed by atoms with Gasteiger partial charge in [0, 0.05) is 51.2 Å². The van der Waals surface area contributed by atoms with Crippen molar-refractivity contribution < 1.29 is 9.53 Å². The van der Waals surface area contributed by atoms with Gasteiger partial charge in [0.1, 0.15) is 0 Å². The number of hydrogen-bond acceptors (Lipinski definition) is 2. The second kappa shape index (κ2) is 6.49. The van der Waals surface area contributed by atoms with Crippen molar-refractivity contribution in [3.63, 3.8) is 0 Å². The third-order valence-electron chi connectivity index (χ3n) is 23.2. The van der Waals surface area contributed by atoms with Crippen LogP contribution in [0.2, 0.25) is 0 Å². The van der Waals surface area contributed by atoms with E-state index in [9.17, 15) is 4.79 Å². The normalized spacial score (nSPS) is 60.4. The summed E-state index contributed by atoms with van der Waals surface area (Å²) in [6.45, 7) is 0. The highest BCUT2D eigenvalue weighted by molar-refractivity contribution is 6.12. The molecule has 0 aromatic heterocycles. The molecule has 16 unspecified atom stereocenters. The van der Waals surface area contributed by atoms with Crippen molar-refractivity contribution in [1.29, 1.82) is 0 Å². The number of benzene rings is 1. The lowest BCUT2D eigenvalue weighted by molar-refractivity contribution is -0.140. The number of hydrogen-bond donors (Lipinski definition) is 0. The maximum atomic E-state index is 12.8. The molecule has 1 aromatic rings. The van der Waals surface area contributed by atoms with Crippen LogP contribution in [0.4, 0.5) is 0 Å². The summed E-state index contributed by atoms with van der Waals surface area (Å²) in [5.74, 6) is 11.8. The van der Waals surface area contributed by atoms with Crippen LogP contribution in [-0.2, 0) is 14.9 Å². The van der Waals surface area contributed by atoms with E-state index in [4.69, 9.17) is 4.74 Å². The number of carbonyl (C=O) groups excluding carboxylic acids is 1. The average Bonchev–Trinajstić information content (AvgIpc) is 3.59. The predicted molar refractivity (Wildman–Crippen MR) is 199 cm³/mol. The first kappa shape index (κ1) is 25.5. The summed E-state index contributed by atoms with van der Waals surface area (Å²) in [5.41, 5.74) is 29.3. The molecule has 19 aliphatic carbocycles. The number of allylic oxidation sites excluding steroid dienone is 18. The Morgan fingerprint density at radius 1 is 0.685 bits per heavy atom. The van der Waals surface area contributed by atoms with Gasteiger partial charge < -0.3 is 4.74 Å². The summed E-state index contributed by atoms with van der Waals surface area (Å²) in [7, 11) is 1.58. The highest BCUT2D eigenvalue weighted by Gasteiger charge is 3.29. The quantitative estimate of drug-likeness (QED) is 0.288. The Kier molecular flexibility index (Phi) is 3.06. The predicted octanol–water partition coefficient (Wildman–Crippen LogP) is 8.85. The lowest BCUT2D eigenvalue weighted by atomic mass is 9.51. The van der Waals surface area contributed by atoms with Crippen molar-refractivity contribution in [2.24, 2.45) is 105 Å². The SMILES string of the molecule is COC(=O)CCCC1(c2ccccc2)C23C4=C5C=CC6C7C5=C5C8=C9C%10=C%11C%12C%13=C9C9(C(=C%13C=CC%12C%12CCC%13C%14CCC6C6C7=C8C%10C(C%146)C%13C%11%12)C912)C543. The van der Waals surface area contributed by atoms with Crippen LogP contribution >= 0.6 is 0 Å². The summed E-state index contributed by atoms with van der Waals surface area (Å²) in [5, 5.41) is 0. The Labute approximate surface area is 314 Å². The Bertz CT molecular complexity index is 2670. The summed E-state index contributed by atoms with van der Waals surface area (Å²) in [6, 6.07) is 11.9. The minimum atomic E-state index is -0.0401. The molecule has 0 heterocycles. The van der Waals surface area contributed by atoms with Crippen molar-refractivity contribution >= 4 is 5.97 Å². The molecule has 2 nitrogen and oxygen atoms in total. The molecule has 19 aliphatic rings. The van der Waals surface area contributed by atoms with E-state index >= 15 is 0 Å². The fraction of sp³-hybridized carbons (Fsp3) is 0.519. The van der Waals surface area contributed by atoms with E-state index in [0.29, 0.717) is 18.3 Å². The van der Waals surface area contributed by atoms with E-state index < -0.39 is 0 Å². The molecule has 0 N–H and O–H groups in total. The van der Waals surface area contributed by atoms with Crippen molar-refractivity contribution in [1.82, 2.24) is 0 Å². The van der Waals surface area contributed by atoms with Gasteiger partial charge in [-0.1, -0.05) is 65.8 Å². The van der Waals surface area contributed by atoms with Gasteiger partial charge in [-0.25, -0.2) is 0 Å². The van der Waals surface area contributed by atoms with Gasteiger partial charge in [-0.05, 0) is 176 Å². The number of methoxy groups -OCH3 is 1. The van der Waals surface area contributed by atoms with E-state index in [1.807, 2.05) is 55.7 Å². The highest BCUT2D eigenvalue weighted by atomic mass is 16.5. The zero-order valence-corrected chi connectivity index (χ0v) is 30.5. The Morgan fingerprint density at radius 3 is 1.80 bits per heavy atom. The van der Waals surface area contributed by atoms with Gasteiger partial charge in [0.05, 0.1) is 7.11 Å². The zero-order chi connectivity index (χ0) is 33.8. The van der Waals surface area contributed by atoms with Gasteiger partial charge in [-0.15, -0.1) is 0 Å². The lowest BCUT2D eigenvalue weighted by Crippen LogP contribution is -2.46. The molecule has 0 saturated heterocycles. The number of rotatable bonds is 5. The van der Waals surface area contributed by atoms with Crippen LogP contribution in [-0.4, -0.2) is 13.1 Å². The molecule has 20 rings (SSSR count). The van der Waals surface area contributed by atoms with Crippen LogP contribution in [0.1, 0.15) is 50.5 Å². The molecular formula is C52H40O2. The van der Waals surface area contributed by atoms with E-state index in [-0.39, 0.29) is 33.0 Å². The zero-order valence-electron chi connectivity index (χ0n) is 30.5. The minimum absolute atomic E-state index is 0.0401. The molecule has 9 saturated carbocycles. The standard InChI is InChI=1S/C52H40O2/c1-54-27(53)8-5-17-48(18-6-3-2-4-7-18)51-46-25-15-13-23-21-11-9-19-20-10-12-22-24-14-16-26-35-33(24)38-31(22)29(20)36-28(19)30(21)37-32(23)34(25)44-42-40(37)39(36)41(38)43(42)45(35)50(49(44,46)51)47(26)52(48,50)51/h2-4,6-7,13-16,19-24,28-33,36,39H,5,8-12,17H2,1H3. The van der Waals surface area contributed by atoms with Gasteiger partial charge in [-0.2, -0.15) is 0 Å². The van der Waals surface area contributed by atoms with Crippen LogP contribution in [0.15, 0.2) is 133 Å². The van der Waals surface area contributed by atoms with Crippen molar-refractivity contribution in [2.45, 2.75) is 50.4 Å². The topological polar surface area (TPSA) is 26.3 Å². The number of carbonyl (C=O) groups is 1. The number of ether oxygens (including phenoxy) is 1. The van der Waals surface area contributed by atoms with E-state index in [2.05, 4.69) is 65.8 Å². The average molecular weight is 697 g/mol. The van der Waals surface area contributed by atoms with Crippen LogP contribution in [0, 0.1) is 105 Å². The van der Waals surface area contributed by atoms with Crippen molar-refractivity contribution in [3.8, 4) is 0 Å². The highest BCUT2D eigenvalue weighted by Crippen LogP contribution is 3.31. The van der Waals surface area contributed by atoms with Gasteiger partial charge in [0.2, 0.25) is 0 Å². The van der Waals surface area contributed by atoms with E-state index in [1.165, 1.54) is 25.7 Å². The molecule has 0 bridgehead atoms. The summed E-state index contributed by atoms with van der Waals surface area (Å²) < 4.78 is 5.29. The fourth-order valence-corrected chi connectivity index (χ4v) is 24.0. The molecule has 0 amide bonds. The number of fused-ring (bicyclic) bond motifs is 3. The van der Waals surface area contributed by atoms with Crippen LogP contribution in [0.25, 0.3) is 0 Å². The minimum Gasteiger partial charge on any atom is -0.469 e. The van der Waals surface area contributed by atoms with Gasteiger partial charge >= 0.3 is 5.97 Å². The first-order chi connectivity index (χ1) is 26.7. The molecule has 260 valence electrons. The Morgan fingerprint density at radius 2 is 1.24 bits per heavy atom. The molecule has 0 aliphatic heterocycles. The third-order valence-corrected chi connectivity index (χ3v) is 23.2. The van der Waals surface area contributed by atoms with E-state index in [1.54, 1.807) is 23.8 Å². The fourth-order valence-electron chi connectivity index (χ4n) is 24.0. The van der Waals surface area contributed by atoms with E-state index in [0.717, 1.165) is 83.9 Å². The lowest BCUT2D eigenvalue weighted by Gasteiger charge is -2.52. The maximum Gasteiger partial charge on any atom is 0.305 e. The van der Waals surface area contributed by atoms with Crippen LogP contribution in [0.5, 0.6) is 0 Å². The summed E-state index contributed by atoms with van der Waals surface area (Å²) in [6.07, 6.45) is 19.8. The molecule has 4 spiro atoms. The maximum absolute atomic E-state index is 12.8.